The molecule has 0 heterocycles. The number of benzene rings is 1. The van der Waals surface area contributed by atoms with E-state index in [1.165, 1.54) is 18.4 Å². The van der Waals surface area contributed by atoms with Crippen molar-refractivity contribution in [3.63, 3.8) is 0 Å². The van der Waals surface area contributed by atoms with Gasteiger partial charge in [-0.05, 0) is 49.4 Å². The molecular formula is C17H28N2O. The summed E-state index contributed by atoms with van der Waals surface area (Å²) in [5.74, 6) is 0.921. The van der Waals surface area contributed by atoms with E-state index in [1.54, 1.807) is 7.11 Å². The second kappa shape index (κ2) is 6.15. The average molecular weight is 276 g/mol. The zero-order valence-electron chi connectivity index (χ0n) is 13.2. The van der Waals surface area contributed by atoms with E-state index in [4.69, 9.17) is 10.5 Å². The maximum absolute atomic E-state index is 6.34. The van der Waals surface area contributed by atoms with Crippen molar-refractivity contribution in [2.75, 3.05) is 14.2 Å². The fraction of sp³-hybridized carbons (Fsp3) is 0.647. The number of nitrogens with zero attached hydrogens (tertiary/aromatic N) is 1. The molecule has 1 aliphatic carbocycles. The molecule has 0 radical (unpaired) electrons. The molecule has 0 aliphatic heterocycles. The Morgan fingerprint density at radius 1 is 1.40 bits per heavy atom. The quantitative estimate of drug-likeness (QED) is 0.918. The van der Waals surface area contributed by atoms with Gasteiger partial charge in [0.1, 0.15) is 5.75 Å². The third kappa shape index (κ3) is 3.74. The van der Waals surface area contributed by atoms with Crippen LogP contribution in [-0.2, 0) is 6.54 Å². The third-order valence-corrected chi connectivity index (χ3v) is 4.54. The topological polar surface area (TPSA) is 38.5 Å². The van der Waals surface area contributed by atoms with Gasteiger partial charge in [-0.1, -0.05) is 26.0 Å². The number of likely N-dealkylation sites (N-methyl/N-ethyl adjacent to an activating group) is 1. The fourth-order valence-electron chi connectivity index (χ4n) is 3.23. The van der Waals surface area contributed by atoms with E-state index in [1.807, 2.05) is 12.1 Å². The molecule has 0 spiro atoms. The number of rotatable bonds is 4. The predicted molar refractivity (Wildman–Crippen MR) is 83.9 cm³/mol. The summed E-state index contributed by atoms with van der Waals surface area (Å²) >= 11 is 0. The monoisotopic (exact) mass is 276 g/mol. The van der Waals surface area contributed by atoms with Crippen LogP contribution in [0.4, 0.5) is 0 Å². The summed E-state index contributed by atoms with van der Waals surface area (Å²) in [6.07, 6.45) is 3.53. The molecule has 2 atom stereocenters. The highest BCUT2D eigenvalue weighted by Gasteiger charge is 2.35. The van der Waals surface area contributed by atoms with Crippen molar-refractivity contribution in [3.8, 4) is 5.75 Å². The fourth-order valence-corrected chi connectivity index (χ4v) is 3.23. The minimum absolute atomic E-state index is 0.290. The Labute approximate surface area is 123 Å². The first-order valence-corrected chi connectivity index (χ1v) is 7.50. The van der Waals surface area contributed by atoms with Crippen LogP contribution in [0.5, 0.6) is 5.75 Å². The Hall–Kier alpha value is -1.06. The molecule has 0 saturated heterocycles. The van der Waals surface area contributed by atoms with Gasteiger partial charge < -0.3 is 10.5 Å². The first-order chi connectivity index (χ1) is 9.41. The summed E-state index contributed by atoms with van der Waals surface area (Å²) in [6.45, 7) is 5.63. The van der Waals surface area contributed by atoms with Gasteiger partial charge in [-0.3, -0.25) is 4.90 Å². The van der Waals surface area contributed by atoms with Crippen molar-refractivity contribution in [3.05, 3.63) is 29.8 Å². The molecule has 3 heteroatoms. The Balaban J connectivity index is 2.04. The van der Waals surface area contributed by atoms with Gasteiger partial charge in [0.05, 0.1) is 7.11 Å². The maximum Gasteiger partial charge on any atom is 0.119 e. The van der Waals surface area contributed by atoms with Crippen molar-refractivity contribution in [1.82, 2.24) is 4.90 Å². The molecule has 0 bridgehead atoms. The van der Waals surface area contributed by atoms with Crippen LogP contribution in [0.2, 0.25) is 0 Å². The third-order valence-electron chi connectivity index (χ3n) is 4.54. The molecule has 1 aromatic carbocycles. The molecule has 2 rings (SSSR count). The SMILES string of the molecule is COc1cccc(CN(C)C2CC(C)(C)CCC2N)c1. The van der Waals surface area contributed by atoms with Crippen molar-refractivity contribution >= 4 is 0 Å². The highest BCUT2D eigenvalue weighted by Crippen LogP contribution is 2.36. The van der Waals surface area contributed by atoms with Gasteiger partial charge in [-0.2, -0.15) is 0 Å². The molecule has 3 nitrogen and oxygen atoms in total. The van der Waals surface area contributed by atoms with E-state index in [-0.39, 0.29) is 0 Å². The Kier molecular flexibility index (Phi) is 4.71. The molecule has 2 N–H and O–H groups in total. The van der Waals surface area contributed by atoms with Crippen LogP contribution in [-0.4, -0.2) is 31.1 Å². The molecule has 1 aromatic rings. The molecule has 20 heavy (non-hydrogen) atoms. The van der Waals surface area contributed by atoms with Crippen LogP contribution < -0.4 is 10.5 Å². The summed E-state index contributed by atoms with van der Waals surface area (Å²) < 4.78 is 5.29. The van der Waals surface area contributed by atoms with Crippen LogP contribution in [0.25, 0.3) is 0 Å². The molecular weight excluding hydrogens is 248 g/mol. The van der Waals surface area contributed by atoms with Gasteiger partial charge in [0, 0.05) is 18.6 Å². The van der Waals surface area contributed by atoms with Gasteiger partial charge in [0.25, 0.3) is 0 Å². The van der Waals surface area contributed by atoms with Crippen molar-refractivity contribution in [1.29, 1.82) is 0 Å². The zero-order chi connectivity index (χ0) is 14.8. The van der Waals surface area contributed by atoms with Crippen molar-refractivity contribution < 1.29 is 4.74 Å². The molecule has 0 aromatic heterocycles. The maximum atomic E-state index is 6.34. The molecule has 2 unspecified atom stereocenters. The predicted octanol–water partition coefficient (Wildman–Crippen LogP) is 3.03. The molecule has 1 saturated carbocycles. The van der Waals surface area contributed by atoms with Crippen LogP contribution in [0, 0.1) is 5.41 Å². The lowest BCUT2D eigenvalue weighted by Gasteiger charge is -2.43. The number of hydrogen-bond donors (Lipinski definition) is 1. The van der Waals surface area contributed by atoms with Crippen molar-refractivity contribution in [2.24, 2.45) is 11.1 Å². The smallest absolute Gasteiger partial charge is 0.119 e. The normalized spacial score (nSPS) is 25.7. The number of hydrogen-bond acceptors (Lipinski definition) is 3. The van der Waals surface area contributed by atoms with E-state index < -0.39 is 0 Å². The van der Waals surface area contributed by atoms with Gasteiger partial charge in [0.15, 0.2) is 0 Å². The van der Waals surface area contributed by atoms with Crippen LogP contribution >= 0.6 is 0 Å². The lowest BCUT2D eigenvalue weighted by Crippen LogP contribution is -2.51. The van der Waals surface area contributed by atoms with Gasteiger partial charge >= 0.3 is 0 Å². The van der Waals surface area contributed by atoms with Crippen molar-refractivity contribution in [2.45, 2.75) is 51.7 Å². The Bertz CT molecular complexity index is 444. The Morgan fingerprint density at radius 2 is 2.15 bits per heavy atom. The largest absolute Gasteiger partial charge is 0.497 e. The zero-order valence-corrected chi connectivity index (χ0v) is 13.2. The van der Waals surface area contributed by atoms with E-state index in [2.05, 4.69) is 37.9 Å². The van der Waals surface area contributed by atoms with Crippen LogP contribution in [0.1, 0.15) is 38.7 Å². The first kappa shape index (κ1) is 15.3. The van der Waals surface area contributed by atoms with Gasteiger partial charge in [-0.25, -0.2) is 0 Å². The average Bonchev–Trinajstić information content (AvgIpc) is 2.41. The second-order valence-electron chi connectivity index (χ2n) is 6.90. The van der Waals surface area contributed by atoms with Gasteiger partial charge in [-0.15, -0.1) is 0 Å². The first-order valence-electron chi connectivity index (χ1n) is 7.50. The molecule has 1 aliphatic rings. The minimum atomic E-state index is 0.290. The molecule has 0 amide bonds. The van der Waals surface area contributed by atoms with Crippen LogP contribution in [0.3, 0.4) is 0 Å². The Morgan fingerprint density at radius 3 is 2.85 bits per heavy atom. The number of methoxy groups -OCH3 is 1. The highest BCUT2D eigenvalue weighted by molar-refractivity contribution is 5.28. The van der Waals surface area contributed by atoms with E-state index in [0.717, 1.165) is 18.7 Å². The summed E-state index contributed by atoms with van der Waals surface area (Å²) in [6, 6.07) is 9.05. The van der Waals surface area contributed by atoms with Crippen LogP contribution in [0.15, 0.2) is 24.3 Å². The number of ether oxygens (including phenoxy) is 1. The lowest BCUT2D eigenvalue weighted by atomic mass is 9.72. The summed E-state index contributed by atoms with van der Waals surface area (Å²) in [5.41, 5.74) is 8.03. The minimum Gasteiger partial charge on any atom is -0.497 e. The van der Waals surface area contributed by atoms with E-state index in [9.17, 15) is 0 Å². The summed E-state index contributed by atoms with van der Waals surface area (Å²) in [4.78, 5) is 2.40. The molecule has 1 fully saturated rings. The van der Waals surface area contributed by atoms with Gasteiger partial charge in [0.2, 0.25) is 0 Å². The second-order valence-corrected chi connectivity index (χ2v) is 6.90. The summed E-state index contributed by atoms with van der Waals surface area (Å²) in [5, 5.41) is 0. The van der Waals surface area contributed by atoms with E-state index in [0.29, 0.717) is 17.5 Å². The number of nitrogens with two attached hydrogens (primary N) is 1. The highest BCUT2D eigenvalue weighted by atomic mass is 16.5. The summed E-state index contributed by atoms with van der Waals surface area (Å²) in [7, 11) is 3.90. The standard InChI is InChI=1S/C17H28N2O/c1-17(2)9-8-15(18)16(11-17)19(3)12-13-6-5-7-14(10-13)20-4/h5-7,10,15-16H,8-9,11-12,18H2,1-4H3. The lowest BCUT2D eigenvalue weighted by molar-refractivity contribution is 0.0916. The van der Waals surface area contributed by atoms with E-state index >= 15 is 0 Å². The molecule has 112 valence electrons.